The Balaban J connectivity index is 1.66. The van der Waals surface area contributed by atoms with Gasteiger partial charge in [0, 0.05) is 11.3 Å². The van der Waals surface area contributed by atoms with Gasteiger partial charge in [-0.3, -0.25) is 14.5 Å². The van der Waals surface area contributed by atoms with Crippen molar-refractivity contribution in [1.82, 2.24) is 0 Å². The van der Waals surface area contributed by atoms with E-state index in [1.807, 2.05) is 38.1 Å². The van der Waals surface area contributed by atoms with Crippen molar-refractivity contribution >= 4 is 23.2 Å². The molecule has 1 heterocycles. The maximum atomic E-state index is 13.4. The van der Waals surface area contributed by atoms with Gasteiger partial charge >= 0.3 is 0 Å². The van der Waals surface area contributed by atoms with Crippen LogP contribution in [0.25, 0.3) is 0 Å². The zero-order chi connectivity index (χ0) is 21.3. The zero-order valence-corrected chi connectivity index (χ0v) is 17.1. The molecule has 3 aromatic carbocycles. The van der Waals surface area contributed by atoms with E-state index in [0.717, 1.165) is 23.2 Å². The highest BCUT2D eigenvalue weighted by Crippen LogP contribution is 2.44. The van der Waals surface area contributed by atoms with E-state index in [4.69, 9.17) is 0 Å². The highest BCUT2D eigenvalue weighted by atomic mass is 16.3. The summed E-state index contributed by atoms with van der Waals surface area (Å²) in [4.78, 5) is 27.6. The third-order valence-corrected chi connectivity index (χ3v) is 5.64. The third-order valence-electron chi connectivity index (χ3n) is 5.64. The molecule has 0 aromatic heterocycles. The normalized spacial score (nSPS) is 17.7. The lowest BCUT2D eigenvalue weighted by atomic mass is 9.88. The number of carbonyl (C=O) groups excluding carboxylic acids is 2. The number of rotatable bonds is 5. The van der Waals surface area contributed by atoms with Gasteiger partial charge in [0.25, 0.3) is 5.91 Å². The minimum Gasteiger partial charge on any atom is -0.372 e. The molecule has 0 bridgehead atoms. The van der Waals surface area contributed by atoms with Gasteiger partial charge in [-0.05, 0) is 36.1 Å². The molecule has 1 aliphatic heterocycles. The number of hydrogen-bond donors (Lipinski definition) is 2. The molecule has 0 saturated carbocycles. The summed E-state index contributed by atoms with van der Waals surface area (Å²) in [7, 11) is 0. The maximum absolute atomic E-state index is 13.4. The Morgan fingerprint density at radius 1 is 1.00 bits per heavy atom. The smallest absolute Gasteiger partial charge is 0.268 e. The molecule has 1 atom stereocenters. The van der Waals surface area contributed by atoms with Crippen LogP contribution in [-0.4, -0.2) is 23.5 Å². The molecule has 0 fully saturated rings. The summed E-state index contributed by atoms with van der Waals surface area (Å²) < 4.78 is 0. The van der Waals surface area contributed by atoms with Crippen molar-refractivity contribution in [2.75, 3.05) is 16.8 Å². The third kappa shape index (κ3) is 3.17. The van der Waals surface area contributed by atoms with Gasteiger partial charge in [0.15, 0.2) is 5.60 Å². The lowest BCUT2D eigenvalue weighted by molar-refractivity contribution is -0.133. The Labute approximate surface area is 176 Å². The number of nitrogens with zero attached hydrogens (tertiary/aromatic N) is 1. The van der Waals surface area contributed by atoms with Crippen LogP contribution in [0.5, 0.6) is 0 Å². The molecule has 4 rings (SSSR count). The molecule has 3 aromatic rings. The highest BCUT2D eigenvalue weighted by molar-refractivity contribution is 6.12. The zero-order valence-electron chi connectivity index (χ0n) is 17.1. The summed E-state index contributed by atoms with van der Waals surface area (Å²) >= 11 is 0. The molecule has 152 valence electrons. The number of aryl methyl sites for hydroxylation is 2. The van der Waals surface area contributed by atoms with Crippen LogP contribution >= 0.6 is 0 Å². The number of nitrogens with one attached hydrogen (secondary N) is 1. The van der Waals surface area contributed by atoms with Crippen molar-refractivity contribution < 1.29 is 14.7 Å². The Hall–Kier alpha value is -3.44. The molecule has 2 N–H and O–H groups in total. The van der Waals surface area contributed by atoms with E-state index in [1.54, 1.807) is 48.5 Å². The molecular weight excluding hydrogens is 376 g/mol. The van der Waals surface area contributed by atoms with Gasteiger partial charge in [-0.15, -0.1) is 0 Å². The summed E-state index contributed by atoms with van der Waals surface area (Å²) in [5, 5.41) is 14.4. The number of aliphatic hydroxyl groups is 1. The lowest BCUT2D eigenvalue weighted by Gasteiger charge is -2.23. The molecule has 2 amide bonds. The standard InChI is InChI=1S/C25H24N2O3/c1-3-18-11-9-10-17(2)23(18)26-22(28)16-27-21-15-8-7-14-20(21)25(30,24(27)29)19-12-5-4-6-13-19/h4-15,30H,3,16H2,1-2H3,(H,26,28)/t25-/m0/s1. The number of anilines is 2. The van der Waals surface area contributed by atoms with Crippen LogP contribution in [0.1, 0.15) is 29.2 Å². The quantitative estimate of drug-likeness (QED) is 0.685. The van der Waals surface area contributed by atoms with E-state index in [-0.39, 0.29) is 12.5 Å². The van der Waals surface area contributed by atoms with Crippen molar-refractivity contribution in [1.29, 1.82) is 0 Å². The fourth-order valence-corrected chi connectivity index (χ4v) is 4.07. The number of carbonyl (C=O) groups is 2. The first-order chi connectivity index (χ1) is 14.5. The number of fused-ring (bicyclic) bond motifs is 1. The number of amides is 2. The second-order valence-corrected chi connectivity index (χ2v) is 7.50. The Bertz CT molecular complexity index is 1110. The Kier molecular flexibility index (Phi) is 5.14. The largest absolute Gasteiger partial charge is 0.372 e. The molecular formula is C25H24N2O3. The van der Waals surface area contributed by atoms with Crippen molar-refractivity contribution in [2.24, 2.45) is 0 Å². The number of hydrogen-bond acceptors (Lipinski definition) is 3. The summed E-state index contributed by atoms with van der Waals surface area (Å²) in [6.07, 6.45) is 0.788. The van der Waals surface area contributed by atoms with E-state index in [9.17, 15) is 14.7 Å². The van der Waals surface area contributed by atoms with Crippen molar-refractivity contribution in [2.45, 2.75) is 25.9 Å². The Morgan fingerprint density at radius 2 is 1.70 bits per heavy atom. The van der Waals surface area contributed by atoms with Crippen LogP contribution in [0.3, 0.4) is 0 Å². The average molecular weight is 400 g/mol. The first-order valence-electron chi connectivity index (χ1n) is 10.0. The van der Waals surface area contributed by atoms with Crippen molar-refractivity contribution in [3.05, 3.63) is 95.1 Å². The molecule has 30 heavy (non-hydrogen) atoms. The summed E-state index contributed by atoms with van der Waals surface area (Å²) in [6, 6.07) is 21.8. The topological polar surface area (TPSA) is 69.6 Å². The van der Waals surface area contributed by atoms with Gasteiger partial charge in [0.1, 0.15) is 6.54 Å². The second-order valence-electron chi connectivity index (χ2n) is 7.50. The average Bonchev–Trinajstić information content (AvgIpc) is 2.98. The van der Waals surface area contributed by atoms with Crippen LogP contribution in [0, 0.1) is 6.92 Å². The van der Waals surface area contributed by atoms with Crippen molar-refractivity contribution in [3.8, 4) is 0 Å². The fraction of sp³-hybridized carbons (Fsp3) is 0.200. The van der Waals surface area contributed by atoms with E-state index in [2.05, 4.69) is 5.32 Å². The number of benzene rings is 3. The fourth-order valence-electron chi connectivity index (χ4n) is 4.07. The summed E-state index contributed by atoms with van der Waals surface area (Å²) in [5.74, 6) is -0.829. The van der Waals surface area contributed by atoms with Crippen LogP contribution in [0.15, 0.2) is 72.8 Å². The van der Waals surface area contributed by atoms with Gasteiger partial charge in [-0.25, -0.2) is 0 Å². The first-order valence-corrected chi connectivity index (χ1v) is 10.0. The molecule has 5 nitrogen and oxygen atoms in total. The monoisotopic (exact) mass is 400 g/mol. The minimum atomic E-state index is -1.81. The second kappa shape index (κ2) is 7.76. The molecule has 0 radical (unpaired) electrons. The molecule has 0 saturated heterocycles. The van der Waals surface area contributed by atoms with Gasteiger partial charge in [-0.1, -0.05) is 73.7 Å². The van der Waals surface area contributed by atoms with Gasteiger partial charge in [0.05, 0.1) is 5.69 Å². The van der Waals surface area contributed by atoms with Gasteiger partial charge in [0.2, 0.25) is 5.91 Å². The van der Waals surface area contributed by atoms with Crippen LogP contribution < -0.4 is 10.2 Å². The number of para-hydroxylation sites is 2. The summed E-state index contributed by atoms with van der Waals surface area (Å²) in [5.41, 5.74) is 2.49. The Morgan fingerprint density at radius 3 is 2.43 bits per heavy atom. The maximum Gasteiger partial charge on any atom is 0.268 e. The van der Waals surface area contributed by atoms with E-state index < -0.39 is 11.5 Å². The predicted octanol–water partition coefficient (Wildman–Crippen LogP) is 3.78. The molecule has 1 aliphatic rings. The molecule has 0 aliphatic carbocycles. The molecule has 0 spiro atoms. The van der Waals surface area contributed by atoms with Crippen LogP contribution in [-0.2, 0) is 21.6 Å². The van der Waals surface area contributed by atoms with E-state index >= 15 is 0 Å². The summed E-state index contributed by atoms with van der Waals surface area (Å²) in [6.45, 7) is 3.80. The van der Waals surface area contributed by atoms with E-state index in [0.29, 0.717) is 16.8 Å². The first kappa shape index (κ1) is 19.9. The van der Waals surface area contributed by atoms with Gasteiger partial charge < -0.3 is 10.4 Å². The minimum absolute atomic E-state index is 0.178. The highest BCUT2D eigenvalue weighted by Gasteiger charge is 2.51. The predicted molar refractivity (Wildman–Crippen MR) is 117 cm³/mol. The van der Waals surface area contributed by atoms with Crippen molar-refractivity contribution in [3.63, 3.8) is 0 Å². The van der Waals surface area contributed by atoms with E-state index in [1.165, 1.54) is 4.90 Å². The van der Waals surface area contributed by atoms with Gasteiger partial charge in [-0.2, -0.15) is 0 Å². The van der Waals surface area contributed by atoms with Crippen LogP contribution in [0.4, 0.5) is 11.4 Å². The molecule has 0 unspecified atom stereocenters. The lowest BCUT2D eigenvalue weighted by Crippen LogP contribution is -2.44. The van der Waals surface area contributed by atoms with Crippen LogP contribution in [0.2, 0.25) is 0 Å². The molecule has 5 heteroatoms. The SMILES string of the molecule is CCc1cccc(C)c1NC(=O)CN1C(=O)[C@](O)(c2ccccc2)c2ccccc21.